The van der Waals surface area contributed by atoms with Crippen molar-refractivity contribution in [1.82, 2.24) is 0 Å². The lowest BCUT2D eigenvalue weighted by molar-refractivity contribution is -0.144. The van der Waals surface area contributed by atoms with Crippen LogP contribution in [0.4, 0.5) is 0 Å². The molecule has 0 heterocycles. The van der Waals surface area contributed by atoms with Crippen LogP contribution >= 0.6 is 0 Å². The molecular weight excluding hydrogens is 240 g/mol. The molecule has 2 aliphatic rings. The van der Waals surface area contributed by atoms with Gasteiger partial charge >= 0.3 is 5.97 Å². The Labute approximate surface area is 115 Å². The highest BCUT2D eigenvalue weighted by Crippen LogP contribution is 2.51. The minimum absolute atomic E-state index is 0.141. The van der Waals surface area contributed by atoms with Crippen molar-refractivity contribution in [3.8, 4) is 0 Å². The van der Waals surface area contributed by atoms with Gasteiger partial charge in [-0.15, -0.1) is 0 Å². The van der Waals surface area contributed by atoms with E-state index in [4.69, 9.17) is 5.11 Å². The van der Waals surface area contributed by atoms with E-state index in [2.05, 4.69) is 12.2 Å². The summed E-state index contributed by atoms with van der Waals surface area (Å²) < 4.78 is 0. The normalized spacial score (nSPS) is 31.1. The molecule has 2 saturated carbocycles. The van der Waals surface area contributed by atoms with Crippen molar-refractivity contribution in [3.63, 3.8) is 0 Å². The standard InChI is InChI=1S/C16H26O3/c17-9-5-3-1-2-4-6-14(16(18)19)15-11-12-7-8-13(15)10-12/h1-2,12-15,17H,3-11H2,(H,18,19)/b2-1-/t12-,13-,14?,15+/m0/s1. The van der Waals surface area contributed by atoms with Gasteiger partial charge in [0.1, 0.15) is 0 Å². The van der Waals surface area contributed by atoms with E-state index >= 15 is 0 Å². The number of aliphatic hydroxyl groups excluding tert-OH is 1. The summed E-state index contributed by atoms with van der Waals surface area (Å²) in [6, 6.07) is 0. The molecule has 2 rings (SSSR count). The Kier molecular flexibility index (Phi) is 5.44. The SMILES string of the molecule is O=C(O)C(CC/C=C\CCCO)[C@@H]1C[C@H]2CC[C@H]1C2. The fraction of sp³-hybridized carbons (Fsp3) is 0.812. The number of allylic oxidation sites excluding steroid dienone is 2. The molecule has 2 N–H and O–H groups in total. The first kappa shape index (κ1) is 14.6. The van der Waals surface area contributed by atoms with E-state index in [1.54, 1.807) is 0 Å². The Morgan fingerprint density at radius 1 is 1.21 bits per heavy atom. The molecule has 4 atom stereocenters. The van der Waals surface area contributed by atoms with Gasteiger partial charge in [-0.25, -0.2) is 0 Å². The predicted molar refractivity (Wildman–Crippen MR) is 74.8 cm³/mol. The lowest BCUT2D eigenvalue weighted by atomic mass is 9.77. The summed E-state index contributed by atoms with van der Waals surface area (Å²) in [6.45, 7) is 0.229. The molecule has 108 valence electrons. The second-order valence-corrected chi connectivity index (χ2v) is 6.20. The van der Waals surface area contributed by atoms with Gasteiger partial charge in [-0.2, -0.15) is 0 Å². The minimum atomic E-state index is -0.596. The molecule has 1 unspecified atom stereocenters. The van der Waals surface area contributed by atoms with Crippen LogP contribution < -0.4 is 0 Å². The molecule has 0 spiro atoms. The number of aliphatic carboxylic acids is 1. The van der Waals surface area contributed by atoms with Crippen LogP contribution in [0.15, 0.2) is 12.2 Å². The van der Waals surface area contributed by atoms with Crippen molar-refractivity contribution in [1.29, 1.82) is 0 Å². The summed E-state index contributed by atoms with van der Waals surface area (Å²) in [4.78, 5) is 11.5. The zero-order valence-corrected chi connectivity index (χ0v) is 11.6. The van der Waals surface area contributed by atoms with Crippen molar-refractivity contribution in [2.45, 2.75) is 51.4 Å². The number of carboxylic acid groups (broad SMARTS) is 1. The van der Waals surface area contributed by atoms with Gasteiger partial charge in [0.05, 0.1) is 5.92 Å². The Morgan fingerprint density at radius 2 is 2.00 bits per heavy atom. The van der Waals surface area contributed by atoms with E-state index < -0.39 is 5.97 Å². The van der Waals surface area contributed by atoms with E-state index in [0.717, 1.165) is 38.0 Å². The van der Waals surface area contributed by atoms with E-state index in [-0.39, 0.29) is 12.5 Å². The summed E-state index contributed by atoms with van der Waals surface area (Å²) >= 11 is 0. The smallest absolute Gasteiger partial charge is 0.306 e. The lowest BCUT2D eigenvalue weighted by Gasteiger charge is -2.27. The molecule has 3 nitrogen and oxygen atoms in total. The van der Waals surface area contributed by atoms with Crippen molar-refractivity contribution in [2.75, 3.05) is 6.61 Å². The molecule has 2 bridgehead atoms. The maximum atomic E-state index is 11.5. The molecule has 0 saturated heterocycles. The van der Waals surface area contributed by atoms with Crippen molar-refractivity contribution < 1.29 is 15.0 Å². The first-order valence-corrected chi connectivity index (χ1v) is 7.71. The van der Waals surface area contributed by atoms with E-state index in [1.165, 1.54) is 19.3 Å². The third kappa shape index (κ3) is 3.82. The van der Waals surface area contributed by atoms with E-state index in [0.29, 0.717) is 11.8 Å². The van der Waals surface area contributed by atoms with Crippen molar-refractivity contribution in [3.05, 3.63) is 12.2 Å². The van der Waals surface area contributed by atoms with Crippen LogP contribution in [0, 0.1) is 23.7 Å². The van der Waals surface area contributed by atoms with E-state index in [1.807, 2.05) is 0 Å². The average Bonchev–Trinajstić information content (AvgIpc) is 2.99. The minimum Gasteiger partial charge on any atom is -0.481 e. The maximum Gasteiger partial charge on any atom is 0.306 e. The van der Waals surface area contributed by atoms with Gasteiger partial charge in [0.25, 0.3) is 0 Å². The highest BCUT2D eigenvalue weighted by Gasteiger charge is 2.44. The number of fused-ring (bicyclic) bond motifs is 2. The molecular formula is C16H26O3. The molecule has 0 amide bonds. The van der Waals surface area contributed by atoms with Crippen molar-refractivity contribution in [2.24, 2.45) is 23.7 Å². The Balaban J connectivity index is 1.77. The Bertz CT molecular complexity index is 324. The topological polar surface area (TPSA) is 57.5 Å². The summed E-state index contributed by atoms with van der Waals surface area (Å²) in [7, 11) is 0. The number of aliphatic hydroxyl groups is 1. The highest BCUT2D eigenvalue weighted by atomic mass is 16.4. The van der Waals surface area contributed by atoms with Crippen LogP contribution in [0.3, 0.4) is 0 Å². The van der Waals surface area contributed by atoms with Gasteiger partial charge in [0, 0.05) is 6.61 Å². The van der Waals surface area contributed by atoms with Gasteiger partial charge in [-0.1, -0.05) is 18.6 Å². The molecule has 2 aliphatic carbocycles. The van der Waals surface area contributed by atoms with Crippen LogP contribution in [0.25, 0.3) is 0 Å². The first-order valence-electron chi connectivity index (χ1n) is 7.71. The average molecular weight is 266 g/mol. The third-order valence-corrected chi connectivity index (χ3v) is 4.97. The summed E-state index contributed by atoms with van der Waals surface area (Å²) in [6.07, 6.45) is 12.5. The predicted octanol–water partition coefficient (Wildman–Crippen LogP) is 3.23. The molecule has 3 heteroatoms. The van der Waals surface area contributed by atoms with Crippen LogP contribution in [-0.4, -0.2) is 22.8 Å². The largest absolute Gasteiger partial charge is 0.481 e. The van der Waals surface area contributed by atoms with Crippen LogP contribution in [-0.2, 0) is 4.79 Å². The summed E-state index contributed by atoms with van der Waals surface area (Å²) in [5, 5.41) is 18.1. The van der Waals surface area contributed by atoms with Crippen LogP contribution in [0.2, 0.25) is 0 Å². The number of carboxylic acids is 1. The van der Waals surface area contributed by atoms with Crippen molar-refractivity contribution >= 4 is 5.97 Å². The maximum absolute atomic E-state index is 11.5. The molecule has 0 aromatic heterocycles. The van der Waals surface area contributed by atoms with Gasteiger partial charge < -0.3 is 10.2 Å². The monoisotopic (exact) mass is 266 g/mol. The van der Waals surface area contributed by atoms with E-state index in [9.17, 15) is 9.90 Å². The zero-order valence-electron chi connectivity index (χ0n) is 11.6. The Morgan fingerprint density at radius 3 is 2.58 bits per heavy atom. The summed E-state index contributed by atoms with van der Waals surface area (Å²) in [5.41, 5.74) is 0. The number of hydrogen-bond donors (Lipinski definition) is 2. The number of carbonyl (C=O) groups is 1. The van der Waals surface area contributed by atoms with Gasteiger partial charge in [0.15, 0.2) is 0 Å². The molecule has 2 fully saturated rings. The van der Waals surface area contributed by atoms with Gasteiger partial charge in [-0.3, -0.25) is 4.79 Å². The van der Waals surface area contributed by atoms with Crippen LogP contribution in [0.1, 0.15) is 51.4 Å². The van der Waals surface area contributed by atoms with Gasteiger partial charge in [0.2, 0.25) is 0 Å². The summed E-state index contributed by atoms with van der Waals surface area (Å²) in [5.74, 6) is 1.20. The number of unbranched alkanes of at least 4 members (excludes halogenated alkanes) is 1. The fourth-order valence-electron chi connectivity index (χ4n) is 4.03. The molecule has 0 aromatic rings. The second kappa shape index (κ2) is 7.09. The molecule has 0 aromatic carbocycles. The molecule has 19 heavy (non-hydrogen) atoms. The lowest BCUT2D eigenvalue weighted by Crippen LogP contribution is -2.27. The number of rotatable bonds is 8. The third-order valence-electron chi connectivity index (χ3n) is 4.97. The Hall–Kier alpha value is -0.830. The highest BCUT2D eigenvalue weighted by molar-refractivity contribution is 5.70. The fourth-order valence-corrected chi connectivity index (χ4v) is 4.03. The molecule has 0 aliphatic heterocycles. The molecule has 0 radical (unpaired) electrons. The quantitative estimate of drug-likeness (QED) is 0.524. The first-order chi connectivity index (χ1) is 9.22. The second-order valence-electron chi connectivity index (χ2n) is 6.20. The zero-order chi connectivity index (χ0) is 13.7. The van der Waals surface area contributed by atoms with Gasteiger partial charge in [-0.05, 0) is 62.7 Å². The van der Waals surface area contributed by atoms with Crippen LogP contribution in [0.5, 0.6) is 0 Å². The number of hydrogen-bond acceptors (Lipinski definition) is 2.